The number of likely N-dealkylation sites (tertiary alicyclic amines) is 1. The zero-order chi connectivity index (χ0) is 30.8. The number of aliphatic carboxylic acids is 1. The number of carboxylic acid groups (broad SMARTS) is 1. The van der Waals surface area contributed by atoms with Gasteiger partial charge in [-0.15, -0.1) is 0 Å². The van der Waals surface area contributed by atoms with Crippen molar-refractivity contribution in [2.45, 2.75) is 58.6 Å². The number of carboxylic acids is 1. The molecule has 3 amide bonds. The molecule has 0 saturated carbocycles. The third-order valence-corrected chi connectivity index (χ3v) is 7.41. The number of piperidine rings is 1. The monoisotopic (exact) mass is 588 g/mol. The highest BCUT2D eigenvalue weighted by Crippen LogP contribution is 2.29. The van der Waals surface area contributed by atoms with Gasteiger partial charge in [-0.25, -0.2) is 4.79 Å². The van der Waals surface area contributed by atoms with Crippen LogP contribution in [0.4, 0.5) is 16.2 Å². The van der Waals surface area contributed by atoms with Gasteiger partial charge in [-0.1, -0.05) is 13.8 Å². The van der Waals surface area contributed by atoms with Crippen molar-refractivity contribution in [3.63, 3.8) is 0 Å². The lowest BCUT2D eigenvalue weighted by Gasteiger charge is -2.31. The Bertz CT molecular complexity index is 1380. The molecular weight excluding hydrogens is 548 g/mol. The van der Waals surface area contributed by atoms with Crippen LogP contribution < -0.4 is 25.4 Å². The molecule has 0 bridgehead atoms. The molecule has 1 aliphatic rings. The molecule has 0 unspecified atom stereocenters. The number of aryl methyl sites for hydroxylation is 1. The summed E-state index contributed by atoms with van der Waals surface area (Å²) in [7, 11) is 0. The van der Waals surface area contributed by atoms with Crippen LogP contribution in [0.25, 0.3) is 0 Å². The van der Waals surface area contributed by atoms with E-state index in [2.05, 4.69) is 16.0 Å². The number of hydrogen-bond donors (Lipinski definition) is 4. The molecule has 0 aliphatic carbocycles. The second-order valence-corrected chi connectivity index (χ2v) is 10.7. The molecule has 4 N–H and O–H groups in total. The Kier molecular flexibility index (Phi) is 11.0. The molecule has 228 valence electrons. The van der Waals surface area contributed by atoms with Gasteiger partial charge in [0.2, 0.25) is 0 Å². The van der Waals surface area contributed by atoms with E-state index in [-0.39, 0.29) is 30.6 Å². The molecule has 1 fully saturated rings. The second kappa shape index (κ2) is 15.1. The Labute approximate surface area is 252 Å². The normalized spacial score (nSPS) is 13.8. The van der Waals surface area contributed by atoms with Crippen molar-refractivity contribution in [1.29, 1.82) is 0 Å². The third-order valence-electron chi connectivity index (χ3n) is 7.41. The number of nitrogens with one attached hydrogen (secondary N) is 3. The summed E-state index contributed by atoms with van der Waals surface area (Å²) in [6, 6.07) is 19.5. The SMILES string of the molecule is CCC(CC)NC(=O)Nc1ccc(Oc2ccc(NC(=O)c3ccc(OC4CCN(CC(=O)O)CC4)cc3)cc2C)cc1. The molecule has 10 heteroatoms. The molecule has 0 atom stereocenters. The van der Waals surface area contributed by atoms with Gasteiger partial charge in [-0.05, 0) is 105 Å². The summed E-state index contributed by atoms with van der Waals surface area (Å²) < 4.78 is 12.1. The smallest absolute Gasteiger partial charge is 0.319 e. The van der Waals surface area contributed by atoms with Gasteiger partial charge >= 0.3 is 12.0 Å². The summed E-state index contributed by atoms with van der Waals surface area (Å²) in [5.41, 5.74) is 2.67. The van der Waals surface area contributed by atoms with Gasteiger partial charge < -0.3 is 30.5 Å². The summed E-state index contributed by atoms with van der Waals surface area (Å²) in [4.78, 5) is 37.8. The largest absolute Gasteiger partial charge is 0.490 e. The first-order valence-corrected chi connectivity index (χ1v) is 14.7. The lowest BCUT2D eigenvalue weighted by atomic mass is 10.1. The highest BCUT2D eigenvalue weighted by atomic mass is 16.5. The predicted octanol–water partition coefficient (Wildman–Crippen LogP) is 6.28. The molecule has 1 saturated heterocycles. The number of nitrogens with zero attached hydrogens (tertiary/aromatic N) is 1. The summed E-state index contributed by atoms with van der Waals surface area (Å²) in [6.07, 6.45) is 3.29. The maximum absolute atomic E-state index is 12.9. The van der Waals surface area contributed by atoms with Crippen molar-refractivity contribution in [2.75, 3.05) is 30.3 Å². The first-order chi connectivity index (χ1) is 20.7. The molecule has 3 aromatic carbocycles. The molecule has 43 heavy (non-hydrogen) atoms. The number of benzene rings is 3. The van der Waals surface area contributed by atoms with Crippen molar-refractivity contribution >= 4 is 29.3 Å². The van der Waals surface area contributed by atoms with Crippen LogP contribution in [0.3, 0.4) is 0 Å². The van der Waals surface area contributed by atoms with E-state index in [4.69, 9.17) is 14.6 Å². The van der Waals surface area contributed by atoms with E-state index in [1.54, 1.807) is 60.7 Å². The molecule has 4 rings (SSSR count). The molecule has 1 heterocycles. The van der Waals surface area contributed by atoms with Gasteiger partial charge in [0.25, 0.3) is 5.91 Å². The van der Waals surface area contributed by atoms with E-state index >= 15 is 0 Å². The fraction of sp³-hybridized carbons (Fsp3) is 0.364. The number of ether oxygens (including phenoxy) is 2. The molecule has 10 nitrogen and oxygen atoms in total. The average Bonchev–Trinajstić information content (AvgIpc) is 2.99. The minimum absolute atomic E-state index is 0.0220. The fourth-order valence-corrected chi connectivity index (χ4v) is 4.88. The number of hydrogen-bond acceptors (Lipinski definition) is 6. The lowest BCUT2D eigenvalue weighted by Crippen LogP contribution is -2.40. The average molecular weight is 589 g/mol. The highest BCUT2D eigenvalue weighted by molar-refractivity contribution is 6.04. The van der Waals surface area contributed by atoms with Crippen molar-refractivity contribution in [1.82, 2.24) is 10.2 Å². The van der Waals surface area contributed by atoms with Crippen molar-refractivity contribution in [3.05, 3.63) is 77.9 Å². The Hall–Kier alpha value is -4.57. The van der Waals surface area contributed by atoms with E-state index in [0.29, 0.717) is 47.3 Å². The molecule has 0 aromatic heterocycles. The first kappa shape index (κ1) is 31.4. The summed E-state index contributed by atoms with van der Waals surface area (Å²) in [6.45, 7) is 7.41. The van der Waals surface area contributed by atoms with E-state index in [9.17, 15) is 14.4 Å². The van der Waals surface area contributed by atoms with Crippen LogP contribution in [0.2, 0.25) is 0 Å². The van der Waals surface area contributed by atoms with E-state index in [0.717, 1.165) is 31.2 Å². The first-order valence-electron chi connectivity index (χ1n) is 14.7. The minimum Gasteiger partial charge on any atom is -0.490 e. The minimum atomic E-state index is -0.816. The Morgan fingerprint density at radius 2 is 1.51 bits per heavy atom. The summed E-state index contributed by atoms with van der Waals surface area (Å²) in [5, 5.41) is 17.7. The van der Waals surface area contributed by atoms with Crippen molar-refractivity contribution < 1.29 is 29.0 Å². The number of amides is 3. The van der Waals surface area contributed by atoms with Crippen LogP contribution in [0.15, 0.2) is 66.7 Å². The zero-order valence-corrected chi connectivity index (χ0v) is 24.9. The van der Waals surface area contributed by atoms with Crippen LogP contribution in [0, 0.1) is 6.92 Å². The van der Waals surface area contributed by atoms with E-state index < -0.39 is 5.97 Å². The number of anilines is 2. The Morgan fingerprint density at radius 1 is 0.884 bits per heavy atom. The van der Waals surface area contributed by atoms with Crippen LogP contribution in [0.1, 0.15) is 55.5 Å². The lowest BCUT2D eigenvalue weighted by molar-refractivity contribution is -0.138. The summed E-state index contributed by atoms with van der Waals surface area (Å²) >= 11 is 0. The van der Waals surface area contributed by atoms with Crippen LogP contribution in [0.5, 0.6) is 17.2 Å². The summed E-state index contributed by atoms with van der Waals surface area (Å²) in [5.74, 6) is 0.903. The van der Waals surface area contributed by atoms with Gasteiger partial charge in [0.05, 0.1) is 6.54 Å². The number of carbonyl (C=O) groups is 3. The molecule has 3 aromatic rings. The van der Waals surface area contributed by atoms with Crippen LogP contribution in [-0.2, 0) is 4.79 Å². The van der Waals surface area contributed by atoms with E-state index in [1.165, 1.54) is 0 Å². The number of urea groups is 1. The predicted molar refractivity (Wildman–Crippen MR) is 166 cm³/mol. The number of carbonyl (C=O) groups excluding carboxylic acids is 2. The van der Waals surface area contributed by atoms with Gasteiger partial charge in [0.15, 0.2) is 0 Å². The van der Waals surface area contributed by atoms with Gasteiger partial charge in [-0.2, -0.15) is 0 Å². The second-order valence-electron chi connectivity index (χ2n) is 10.7. The maximum atomic E-state index is 12.9. The zero-order valence-electron chi connectivity index (χ0n) is 24.9. The molecule has 0 spiro atoms. The van der Waals surface area contributed by atoms with Crippen LogP contribution >= 0.6 is 0 Å². The fourth-order valence-electron chi connectivity index (χ4n) is 4.88. The third kappa shape index (κ3) is 9.47. The number of rotatable bonds is 12. The Balaban J connectivity index is 1.26. The van der Waals surface area contributed by atoms with Crippen molar-refractivity contribution in [3.8, 4) is 17.2 Å². The quantitative estimate of drug-likeness (QED) is 0.196. The maximum Gasteiger partial charge on any atom is 0.319 e. The standard InChI is InChI=1S/C33H40N4O6/c1-4-24(5-2)35-33(41)36-25-8-13-28(14-9-25)43-30-15-10-26(20-22(30)3)34-32(40)23-6-11-27(12-7-23)42-29-16-18-37(19-17-29)21-31(38)39/h6-15,20,24,29H,4-5,16-19,21H2,1-3H3,(H,34,40)(H,38,39)(H2,35,36,41). The van der Waals surface area contributed by atoms with Crippen molar-refractivity contribution in [2.24, 2.45) is 0 Å². The van der Waals surface area contributed by atoms with Gasteiger partial charge in [-0.3, -0.25) is 14.5 Å². The van der Waals surface area contributed by atoms with Gasteiger partial charge in [0, 0.05) is 36.1 Å². The van der Waals surface area contributed by atoms with E-state index in [1.807, 2.05) is 31.7 Å². The van der Waals surface area contributed by atoms with Crippen LogP contribution in [-0.4, -0.2) is 59.7 Å². The Morgan fingerprint density at radius 3 is 2.12 bits per heavy atom. The van der Waals surface area contributed by atoms with Gasteiger partial charge in [0.1, 0.15) is 23.4 Å². The molecular formula is C33H40N4O6. The molecule has 1 aliphatic heterocycles. The highest BCUT2D eigenvalue weighted by Gasteiger charge is 2.22. The topological polar surface area (TPSA) is 129 Å². The molecule has 0 radical (unpaired) electrons.